The summed E-state index contributed by atoms with van der Waals surface area (Å²) >= 11 is 3.46. The van der Waals surface area contributed by atoms with Gasteiger partial charge in [0.2, 0.25) is 0 Å². The molecule has 3 rings (SSSR count). The fourth-order valence-corrected chi connectivity index (χ4v) is 2.68. The van der Waals surface area contributed by atoms with Crippen LogP contribution in [0.1, 0.15) is 29.4 Å². The quantitative estimate of drug-likeness (QED) is 0.648. The summed E-state index contributed by atoms with van der Waals surface area (Å²) in [7, 11) is 0. The van der Waals surface area contributed by atoms with Crippen LogP contribution in [0.25, 0.3) is 11.0 Å². The molecule has 6 heteroatoms. The van der Waals surface area contributed by atoms with E-state index in [9.17, 15) is 4.79 Å². The van der Waals surface area contributed by atoms with Crippen molar-refractivity contribution >= 4 is 44.4 Å². The van der Waals surface area contributed by atoms with Gasteiger partial charge in [-0.3, -0.25) is 4.79 Å². The number of anilines is 2. The molecule has 25 heavy (non-hydrogen) atoms. The van der Waals surface area contributed by atoms with Gasteiger partial charge in [0.15, 0.2) is 11.5 Å². The minimum atomic E-state index is -0.279. The molecule has 1 heterocycles. The molecule has 0 saturated carbocycles. The maximum Gasteiger partial charge on any atom is 0.278 e. The molecule has 128 valence electrons. The lowest BCUT2D eigenvalue weighted by atomic mass is 10.2. The first-order valence-electron chi connectivity index (χ1n) is 8.16. The predicted octanol–water partition coefficient (Wildman–Crippen LogP) is 4.77. The van der Waals surface area contributed by atoms with Crippen LogP contribution in [0.15, 0.2) is 46.9 Å². The molecule has 0 saturated heterocycles. The molecular weight excluding hydrogens is 380 g/mol. The van der Waals surface area contributed by atoms with Crippen molar-refractivity contribution in [1.82, 2.24) is 9.97 Å². The number of nitrogens with zero attached hydrogens (tertiary/aromatic N) is 2. The molecule has 0 aliphatic carbocycles. The van der Waals surface area contributed by atoms with Crippen molar-refractivity contribution in [3.63, 3.8) is 0 Å². The predicted molar refractivity (Wildman–Crippen MR) is 105 cm³/mol. The van der Waals surface area contributed by atoms with E-state index in [1.165, 1.54) is 0 Å². The van der Waals surface area contributed by atoms with Gasteiger partial charge in [0.1, 0.15) is 0 Å². The number of amides is 1. The van der Waals surface area contributed by atoms with Gasteiger partial charge in [-0.25, -0.2) is 9.97 Å². The summed E-state index contributed by atoms with van der Waals surface area (Å²) in [4.78, 5) is 21.9. The van der Waals surface area contributed by atoms with Crippen molar-refractivity contribution < 1.29 is 4.79 Å². The molecule has 1 aromatic heterocycles. The summed E-state index contributed by atoms with van der Waals surface area (Å²) < 4.78 is 1.00. The molecule has 0 spiro atoms. The average molecular weight is 399 g/mol. The highest BCUT2D eigenvalue weighted by Crippen LogP contribution is 2.22. The number of hydrogen-bond donors (Lipinski definition) is 2. The highest BCUT2D eigenvalue weighted by Gasteiger charge is 2.16. The molecule has 0 aliphatic rings. The van der Waals surface area contributed by atoms with E-state index in [2.05, 4.69) is 43.5 Å². The number of rotatable bonds is 5. The first-order valence-corrected chi connectivity index (χ1v) is 8.96. The molecule has 2 aromatic carbocycles. The molecule has 3 aromatic rings. The Labute approximate surface area is 155 Å². The Morgan fingerprint density at radius 1 is 1.12 bits per heavy atom. The lowest BCUT2D eigenvalue weighted by Crippen LogP contribution is -2.18. The Morgan fingerprint density at radius 2 is 1.84 bits per heavy atom. The number of aryl methyl sites for hydroxylation is 1. The second kappa shape index (κ2) is 7.61. The third-order valence-electron chi connectivity index (χ3n) is 3.74. The zero-order chi connectivity index (χ0) is 17.8. The summed E-state index contributed by atoms with van der Waals surface area (Å²) in [5.74, 6) is 0.227. The van der Waals surface area contributed by atoms with E-state index in [1.54, 1.807) is 0 Å². The third kappa shape index (κ3) is 3.96. The van der Waals surface area contributed by atoms with Crippen LogP contribution in [0.5, 0.6) is 0 Å². The van der Waals surface area contributed by atoms with Crippen molar-refractivity contribution in [3.05, 3.63) is 58.2 Å². The minimum absolute atomic E-state index is 0.279. The van der Waals surface area contributed by atoms with Crippen LogP contribution in [0.4, 0.5) is 11.5 Å². The first-order chi connectivity index (χ1) is 12.1. The molecule has 1 amide bonds. The van der Waals surface area contributed by atoms with Gasteiger partial charge in [0.25, 0.3) is 5.91 Å². The van der Waals surface area contributed by atoms with Crippen molar-refractivity contribution in [2.75, 3.05) is 17.2 Å². The lowest BCUT2D eigenvalue weighted by Gasteiger charge is -2.12. The molecule has 0 atom stereocenters. The van der Waals surface area contributed by atoms with Crippen LogP contribution in [-0.4, -0.2) is 22.4 Å². The summed E-state index contributed by atoms with van der Waals surface area (Å²) in [5.41, 5.74) is 3.53. The van der Waals surface area contributed by atoms with Crippen LogP contribution in [-0.2, 0) is 0 Å². The maximum absolute atomic E-state index is 12.8. The largest absolute Gasteiger partial charge is 0.368 e. The van der Waals surface area contributed by atoms with Crippen molar-refractivity contribution in [3.8, 4) is 0 Å². The molecule has 0 fully saturated rings. The van der Waals surface area contributed by atoms with E-state index in [0.29, 0.717) is 17.0 Å². The fraction of sp³-hybridized carbons (Fsp3) is 0.211. The van der Waals surface area contributed by atoms with Crippen LogP contribution in [0.2, 0.25) is 0 Å². The number of benzene rings is 2. The number of carbonyl (C=O) groups is 1. The first kappa shape index (κ1) is 17.4. The smallest absolute Gasteiger partial charge is 0.278 e. The van der Waals surface area contributed by atoms with Crippen molar-refractivity contribution in [1.29, 1.82) is 0 Å². The Bertz CT molecular complexity index is 926. The van der Waals surface area contributed by atoms with E-state index in [-0.39, 0.29) is 5.91 Å². The second-order valence-electron chi connectivity index (χ2n) is 5.75. The monoisotopic (exact) mass is 398 g/mol. The third-order valence-corrected chi connectivity index (χ3v) is 4.63. The van der Waals surface area contributed by atoms with E-state index in [4.69, 9.17) is 0 Å². The minimum Gasteiger partial charge on any atom is -0.368 e. The Hall–Kier alpha value is -2.47. The number of halogens is 1. The molecule has 0 bridgehead atoms. The van der Waals surface area contributed by atoms with Gasteiger partial charge < -0.3 is 10.6 Å². The van der Waals surface area contributed by atoms with Gasteiger partial charge in [-0.1, -0.05) is 35.0 Å². The summed E-state index contributed by atoms with van der Waals surface area (Å²) in [6, 6.07) is 13.2. The molecule has 0 unspecified atom stereocenters. The average Bonchev–Trinajstić information content (AvgIpc) is 2.62. The summed E-state index contributed by atoms with van der Waals surface area (Å²) in [6.45, 7) is 4.76. The van der Waals surface area contributed by atoms with Crippen LogP contribution in [0.3, 0.4) is 0 Å². The molecule has 5 nitrogen and oxygen atoms in total. The van der Waals surface area contributed by atoms with E-state index in [0.717, 1.165) is 34.2 Å². The van der Waals surface area contributed by atoms with Crippen molar-refractivity contribution in [2.45, 2.75) is 20.3 Å². The molecule has 0 radical (unpaired) electrons. The summed E-state index contributed by atoms with van der Waals surface area (Å²) in [5, 5.41) is 6.11. The number of para-hydroxylation sites is 2. The van der Waals surface area contributed by atoms with Gasteiger partial charge in [0.05, 0.1) is 11.0 Å². The Balaban J connectivity index is 1.96. The van der Waals surface area contributed by atoms with Gasteiger partial charge in [0, 0.05) is 16.7 Å². The number of fused-ring (bicyclic) bond motifs is 1. The number of carbonyl (C=O) groups excluding carboxylic acids is 1. The standard InChI is InChI=1S/C19H19BrN4O/c1-3-10-21-18-17(23-15-6-4-5-7-16(15)24-18)19(25)22-13-8-9-14(20)12(2)11-13/h4-9,11H,3,10H2,1-2H3,(H,21,24)(H,22,25). The SMILES string of the molecule is CCCNc1nc2ccccc2nc1C(=O)Nc1ccc(Br)c(C)c1. The Morgan fingerprint density at radius 3 is 2.52 bits per heavy atom. The normalized spacial score (nSPS) is 10.7. The van der Waals surface area contributed by atoms with Gasteiger partial charge in [-0.2, -0.15) is 0 Å². The maximum atomic E-state index is 12.8. The Kier molecular flexibility index (Phi) is 5.28. The van der Waals surface area contributed by atoms with Gasteiger partial charge in [-0.05, 0) is 49.2 Å². The second-order valence-corrected chi connectivity index (χ2v) is 6.61. The van der Waals surface area contributed by atoms with Crippen LogP contribution >= 0.6 is 15.9 Å². The number of nitrogens with one attached hydrogen (secondary N) is 2. The zero-order valence-corrected chi connectivity index (χ0v) is 15.7. The van der Waals surface area contributed by atoms with Crippen LogP contribution < -0.4 is 10.6 Å². The molecule has 0 aliphatic heterocycles. The highest BCUT2D eigenvalue weighted by molar-refractivity contribution is 9.10. The fourth-order valence-electron chi connectivity index (χ4n) is 2.44. The van der Waals surface area contributed by atoms with E-state index in [1.807, 2.05) is 49.4 Å². The molecule has 2 N–H and O–H groups in total. The van der Waals surface area contributed by atoms with Gasteiger partial charge in [-0.15, -0.1) is 0 Å². The number of aromatic nitrogens is 2. The lowest BCUT2D eigenvalue weighted by molar-refractivity contribution is 0.102. The van der Waals surface area contributed by atoms with Crippen LogP contribution in [0, 0.1) is 6.92 Å². The van der Waals surface area contributed by atoms with E-state index >= 15 is 0 Å². The van der Waals surface area contributed by atoms with Crippen molar-refractivity contribution in [2.24, 2.45) is 0 Å². The topological polar surface area (TPSA) is 66.9 Å². The van der Waals surface area contributed by atoms with Gasteiger partial charge >= 0.3 is 0 Å². The molecular formula is C19H19BrN4O. The van der Waals surface area contributed by atoms with E-state index < -0.39 is 0 Å². The highest BCUT2D eigenvalue weighted by atomic mass is 79.9. The zero-order valence-electron chi connectivity index (χ0n) is 14.1. The number of hydrogen-bond acceptors (Lipinski definition) is 4. The summed E-state index contributed by atoms with van der Waals surface area (Å²) in [6.07, 6.45) is 0.932.